The van der Waals surface area contributed by atoms with Gasteiger partial charge in [0.1, 0.15) is 11.9 Å². The summed E-state index contributed by atoms with van der Waals surface area (Å²) in [4.78, 5) is 34.5. The number of fused-ring (bicyclic) bond motifs is 4. The molecule has 0 aromatic carbocycles. The summed E-state index contributed by atoms with van der Waals surface area (Å²) in [6.45, 7) is 3.74. The molecule has 2 aliphatic rings. The highest BCUT2D eigenvalue weighted by Gasteiger charge is 2.36. The minimum absolute atomic E-state index is 0.0660. The fourth-order valence-electron chi connectivity index (χ4n) is 3.52. The van der Waals surface area contributed by atoms with Crippen LogP contribution in [-0.4, -0.2) is 53.2 Å². The normalized spacial score (nSPS) is 24.7. The van der Waals surface area contributed by atoms with Gasteiger partial charge >= 0.3 is 6.09 Å². The first-order valence-corrected chi connectivity index (χ1v) is 8.88. The van der Waals surface area contributed by atoms with E-state index in [0.717, 1.165) is 42.9 Å². The lowest BCUT2D eigenvalue weighted by Gasteiger charge is -2.28. The standard InChI is InChI=1S/C17H26N4O4/c1-11-13-10-25-9-4-3-6-12(20-17(23)24-2)16(22)21-8-5-7-14(21)15(18-11)19-13/h12,14H,3-10H2,1-2H3,(H,18,19)(H,20,23)/t12-,14-/m0/s1. The van der Waals surface area contributed by atoms with Gasteiger partial charge in [-0.15, -0.1) is 0 Å². The van der Waals surface area contributed by atoms with Crippen LogP contribution in [0.3, 0.4) is 0 Å². The van der Waals surface area contributed by atoms with Gasteiger partial charge in [-0.3, -0.25) is 4.79 Å². The molecule has 2 amide bonds. The highest BCUT2D eigenvalue weighted by atomic mass is 16.5. The number of nitrogens with zero attached hydrogens (tertiary/aromatic N) is 2. The Morgan fingerprint density at radius 1 is 1.36 bits per heavy atom. The maximum atomic E-state index is 13.1. The third kappa shape index (κ3) is 3.95. The zero-order valence-electron chi connectivity index (χ0n) is 14.8. The lowest BCUT2D eigenvalue weighted by molar-refractivity contribution is -0.134. The van der Waals surface area contributed by atoms with Gasteiger partial charge in [0.2, 0.25) is 5.91 Å². The Morgan fingerprint density at radius 2 is 2.20 bits per heavy atom. The van der Waals surface area contributed by atoms with E-state index in [9.17, 15) is 9.59 Å². The Labute approximate surface area is 147 Å². The average molecular weight is 350 g/mol. The summed E-state index contributed by atoms with van der Waals surface area (Å²) in [5.41, 5.74) is 1.88. The van der Waals surface area contributed by atoms with Crippen molar-refractivity contribution in [2.45, 2.75) is 57.7 Å². The van der Waals surface area contributed by atoms with Crippen LogP contribution in [0, 0.1) is 6.92 Å². The van der Waals surface area contributed by atoms with E-state index in [4.69, 9.17) is 4.74 Å². The van der Waals surface area contributed by atoms with Crippen molar-refractivity contribution in [1.29, 1.82) is 0 Å². The van der Waals surface area contributed by atoms with Crippen LogP contribution in [0.25, 0.3) is 0 Å². The van der Waals surface area contributed by atoms with Crippen molar-refractivity contribution in [1.82, 2.24) is 20.2 Å². The molecule has 0 saturated carbocycles. The van der Waals surface area contributed by atoms with Crippen LogP contribution in [0.15, 0.2) is 0 Å². The molecule has 138 valence electrons. The molecule has 3 heterocycles. The lowest BCUT2D eigenvalue weighted by Crippen LogP contribution is -2.48. The Balaban J connectivity index is 1.86. The van der Waals surface area contributed by atoms with E-state index in [1.165, 1.54) is 7.11 Å². The second kappa shape index (κ2) is 7.86. The number of hydrogen-bond donors (Lipinski definition) is 2. The number of rotatable bonds is 1. The summed E-state index contributed by atoms with van der Waals surface area (Å²) in [5.74, 6) is 0.738. The van der Waals surface area contributed by atoms with Crippen LogP contribution in [0.4, 0.5) is 4.79 Å². The highest BCUT2D eigenvalue weighted by Crippen LogP contribution is 2.32. The molecule has 0 unspecified atom stereocenters. The van der Waals surface area contributed by atoms with Gasteiger partial charge in [-0.2, -0.15) is 0 Å². The van der Waals surface area contributed by atoms with Gasteiger partial charge in [0.15, 0.2) is 0 Å². The second-order valence-corrected chi connectivity index (χ2v) is 6.61. The Hall–Kier alpha value is -2.09. The molecule has 8 nitrogen and oxygen atoms in total. The molecule has 1 aromatic heterocycles. The van der Waals surface area contributed by atoms with Gasteiger partial charge in [0.25, 0.3) is 0 Å². The molecule has 1 aromatic rings. The second-order valence-electron chi connectivity index (χ2n) is 6.61. The molecule has 8 heteroatoms. The molecule has 0 radical (unpaired) electrons. The molecular weight excluding hydrogens is 324 g/mol. The number of aromatic nitrogens is 2. The predicted octanol–water partition coefficient (Wildman–Crippen LogP) is 1.81. The smallest absolute Gasteiger partial charge is 0.407 e. The first kappa shape index (κ1) is 17.7. The molecule has 0 aliphatic carbocycles. The molecule has 2 aliphatic heterocycles. The molecule has 3 rings (SSSR count). The van der Waals surface area contributed by atoms with Crippen molar-refractivity contribution >= 4 is 12.0 Å². The van der Waals surface area contributed by atoms with Gasteiger partial charge in [-0.25, -0.2) is 9.78 Å². The number of aryl methyl sites for hydroxylation is 1. The topological polar surface area (TPSA) is 96.6 Å². The van der Waals surface area contributed by atoms with E-state index < -0.39 is 12.1 Å². The maximum absolute atomic E-state index is 13.1. The number of aromatic amines is 1. The van der Waals surface area contributed by atoms with E-state index in [0.29, 0.717) is 26.2 Å². The molecule has 25 heavy (non-hydrogen) atoms. The van der Waals surface area contributed by atoms with Gasteiger partial charge in [0.05, 0.1) is 31.1 Å². The Morgan fingerprint density at radius 3 is 3.00 bits per heavy atom. The van der Waals surface area contributed by atoms with Crippen molar-refractivity contribution in [2.24, 2.45) is 0 Å². The van der Waals surface area contributed by atoms with E-state index in [-0.39, 0.29) is 11.9 Å². The van der Waals surface area contributed by atoms with E-state index in [1.807, 2.05) is 11.8 Å². The number of imidazole rings is 1. The first-order chi connectivity index (χ1) is 12.1. The summed E-state index contributed by atoms with van der Waals surface area (Å²) in [6.07, 6.45) is 3.41. The number of H-pyrrole nitrogens is 1. The number of nitrogens with one attached hydrogen (secondary N) is 2. The third-order valence-electron chi connectivity index (χ3n) is 4.91. The van der Waals surface area contributed by atoms with Gasteiger partial charge in [-0.05, 0) is 39.0 Å². The first-order valence-electron chi connectivity index (χ1n) is 8.88. The summed E-state index contributed by atoms with van der Waals surface area (Å²) in [5, 5.41) is 2.69. The van der Waals surface area contributed by atoms with Gasteiger partial charge in [0, 0.05) is 13.2 Å². The largest absolute Gasteiger partial charge is 0.453 e. The third-order valence-corrected chi connectivity index (χ3v) is 4.91. The van der Waals surface area contributed by atoms with E-state index in [1.54, 1.807) is 0 Å². The number of carbonyl (C=O) groups excluding carboxylic acids is 2. The molecule has 1 saturated heterocycles. The zero-order chi connectivity index (χ0) is 17.8. The van der Waals surface area contributed by atoms with Crippen molar-refractivity contribution in [2.75, 3.05) is 20.3 Å². The van der Waals surface area contributed by atoms with Crippen LogP contribution in [0.2, 0.25) is 0 Å². The fraction of sp³-hybridized carbons (Fsp3) is 0.706. The minimum Gasteiger partial charge on any atom is -0.453 e. The van der Waals surface area contributed by atoms with E-state index >= 15 is 0 Å². The average Bonchev–Trinajstić information content (AvgIpc) is 3.22. The number of methoxy groups -OCH3 is 1. The SMILES string of the molecule is COC(=O)N[C@H]1CCCCOCc2[nH]c(nc2C)[C@@H]2CCCN2C1=O. The predicted molar refractivity (Wildman–Crippen MR) is 89.8 cm³/mol. The molecule has 2 N–H and O–H groups in total. The van der Waals surface area contributed by atoms with Crippen LogP contribution in [0.5, 0.6) is 0 Å². The quantitative estimate of drug-likeness (QED) is 0.805. The zero-order valence-corrected chi connectivity index (χ0v) is 14.8. The summed E-state index contributed by atoms with van der Waals surface area (Å²) < 4.78 is 10.4. The summed E-state index contributed by atoms with van der Waals surface area (Å²) in [6, 6.07) is -0.660. The van der Waals surface area contributed by atoms with Gasteiger partial charge < -0.3 is 24.7 Å². The molecular formula is C17H26N4O4. The van der Waals surface area contributed by atoms with Crippen LogP contribution in [-0.2, 0) is 20.9 Å². The molecule has 1 fully saturated rings. The lowest BCUT2D eigenvalue weighted by atomic mass is 10.1. The maximum Gasteiger partial charge on any atom is 0.407 e. The Bertz CT molecular complexity index is 630. The van der Waals surface area contributed by atoms with Crippen molar-refractivity contribution < 1.29 is 19.1 Å². The number of ether oxygens (including phenoxy) is 2. The van der Waals surface area contributed by atoms with Crippen molar-refractivity contribution in [3.05, 3.63) is 17.2 Å². The molecule has 2 bridgehead atoms. The minimum atomic E-state index is -0.579. The molecule has 0 spiro atoms. The van der Waals surface area contributed by atoms with Crippen LogP contribution < -0.4 is 5.32 Å². The van der Waals surface area contributed by atoms with Crippen LogP contribution in [0.1, 0.15) is 55.4 Å². The number of alkyl carbamates (subject to hydrolysis) is 1. The highest BCUT2D eigenvalue weighted by molar-refractivity contribution is 5.86. The number of hydrogen-bond acceptors (Lipinski definition) is 5. The van der Waals surface area contributed by atoms with Crippen molar-refractivity contribution in [3.63, 3.8) is 0 Å². The van der Waals surface area contributed by atoms with Crippen molar-refractivity contribution in [3.8, 4) is 0 Å². The Kier molecular flexibility index (Phi) is 5.57. The van der Waals surface area contributed by atoms with E-state index in [2.05, 4.69) is 20.0 Å². The monoisotopic (exact) mass is 350 g/mol. The van der Waals surface area contributed by atoms with Gasteiger partial charge in [-0.1, -0.05) is 0 Å². The summed E-state index contributed by atoms with van der Waals surface area (Å²) in [7, 11) is 1.30. The number of carbonyl (C=O) groups is 2. The summed E-state index contributed by atoms with van der Waals surface area (Å²) >= 11 is 0. The van der Waals surface area contributed by atoms with Crippen LogP contribution >= 0.6 is 0 Å². The number of amides is 2. The fourth-order valence-corrected chi connectivity index (χ4v) is 3.52. The molecule has 2 atom stereocenters.